The first-order chi connectivity index (χ1) is 8.95. The second kappa shape index (κ2) is 5.96. The predicted molar refractivity (Wildman–Crippen MR) is 72.6 cm³/mol. The van der Waals surface area contributed by atoms with Crippen molar-refractivity contribution in [3.8, 4) is 0 Å². The van der Waals surface area contributed by atoms with Crippen molar-refractivity contribution in [2.45, 2.75) is 38.5 Å². The molecule has 0 radical (unpaired) electrons. The van der Waals surface area contributed by atoms with E-state index in [9.17, 15) is 9.18 Å². The molecule has 0 unspecified atom stereocenters. The summed E-state index contributed by atoms with van der Waals surface area (Å²) in [4.78, 5) is 17.0. The van der Waals surface area contributed by atoms with Crippen LogP contribution >= 0.6 is 15.9 Å². The van der Waals surface area contributed by atoms with Crippen LogP contribution in [0.4, 0.5) is 4.39 Å². The van der Waals surface area contributed by atoms with E-state index >= 15 is 0 Å². The van der Waals surface area contributed by atoms with Crippen LogP contribution in [0.3, 0.4) is 0 Å². The molecule has 0 amide bonds. The topological polar surface area (TPSA) is 53.4 Å². The number of carboxylic acids is 1. The second-order valence-corrected chi connectivity index (χ2v) is 5.85. The van der Waals surface area contributed by atoms with Crippen LogP contribution in [0.15, 0.2) is 16.7 Å². The summed E-state index contributed by atoms with van der Waals surface area (Å²) >= 11 is 3.35. The van der Waals surface area contributed by atoms with E-state index in [0.29, 0.717) is 13.0 Å². The van der Waals surface area contributed by atoms with Crippen molar-refractivity contribution < 1.29 is 14.3 Å². The van der Waals surface area contributed by atoms with Crippen molar-refractivity contribution in [2.24, 2.45) is 0 Å². The van der Waals surface area contributed by atoms with Crippen LogP contribution in [0.1, 0.15) is 24.1 Å². The summed E-state index contributed by atoms with van der Waals surface area (Å²) in [5.41, 5.74) is 1.89. The molecule has 104 valence electrons. The number of alkyl halides is 1. The van der Waals surface area contributed by atoms with Gasteiger partial charge in [0.25, 0.3) is 0 Å². The fourth-order valence-corrected chi connectivity index (χ4v) is 2.90. The molecule has 19 heavy (non-hydrogen) atoms. The minimum absolute atomic E-state index is 0.0179. The third-order valence-electron chi connectivity index (χ3n) is 3.39. The molecule has 1 saturated heterocycles. The SMILES string of the molecule is Cc1cc(Br)cnc1CN1C[C@@H](F)C[C@H]1CC(=O)O. The zero-order chi connectivity index (χ0) is 14.0. The lowest BCUT2D eigenvalue weighted by Crippen LogP contribution is -2.31. The largest absolute Gasteiger partial charge is 0.481 e. The normalized spacial score (nSPS) is 23.7. The Kier molecular flexibility index (Phi) is 4.52. The van der Waals surface area contributed by atoms with E-state index < -0.39 is 12.1 Å². The molecule has 2 rings (SSSR count). The maximum atomic E-state index is 13.5. The molecule has 6 heteroatoms. The number of aliphatic carboxylic acids is 1. The summed E-state index contributed by atoms with van der Waals surface area (Å²) in [6.45, 7) is 2.73. The Bertz CT molecular complexity index is 484. The standard InChI is InChI=1S/C13H16BrFN2O2/c1-8-2-9(14)5-16-12(8)7-17-6-10(15)3-11(17)4-13(18)19/h2,5,10-11H,3-4,6-7H2,1H3,(H,18,19)/t10-,11-/m0/s1. The maximum absolute atomic E-state index is 13.5. The van der Waals surface area contributed by atoms with Gasteiger partial charge in [0, 0.05) is 29.8 Å². The van der Waals surface area contributed by atoms with Gasteiger partial charge in [-0.1, -0.05) is 0 Å². The van der Waals surface area contributed by atoms with E-state index in [0.717, 1.165) is 15.7 Å². The molecule has 0 aromatic carbocycles. The van der Waals surface area contributed by atoms with Crippen LogP contribution in [-0.2, 0) is 11.3 Å². The van der Waals surface area contributed by atoms with Gasteiger partial charge < -0.3 is 5.11 Å². The van der Waals surface area contributed by atoms with Gasteiger partial charge in [0.05, 0.1) is 12.1 Å². The first-order valence-electron chi connectivity index (χ1n) is 6.16. The first kappa shape index (κ1) is 14.4. The number of aryl methyl sites for hydroxylation is 1. The van der Waals surface area contributed by atoms with E-state index in [1.807, 2.05) is 17.9 Å². The van der Waals surface area contributed by atoms with Crippen molar-refractivity contribution >= 4 is 21.9 Å². The van der Waals surface area contributed by atoms with E-state index in [4.69, 9.17) is 5.11 Å². The van der Waals surface area contributed by atoms with Crippen LogP contribution in [0, 0.1) is 6.92 Å². The Balaban J connectivity index is 2.09. The molecular formula is C13H16BrFN2O2. The molecule has 0 saturated carbocycles. The zero-order valence-corrected chi connectivity index (χ0v) is 12.2. The highest BCUT2D eigenvalue weighted by Gasteiger charge is 2.33. The van der Waals surface area contributed by atoms with E-state index in [1.54, 1.807) is 6.20 Å². The molecular weight excluding hydrogens is 315 g/mol. The summed E-state index contributed by atoms with van der Waals surface area (Å²) < 4.78 is 14.4. The number of hydrogen-bond donors (Lipinski definition) is 1. The molecule has 1 aromatic rings. The molecule has 0 spiro atoms. The number of nitrogens with zero attached hydrogens (tertiary/aromatic N) is 2. The van der Waals surface area contributed by atoms with Crippen molar-refractivity contribution in [1.29, 1.82) is 0 Å². The van der Waals surface area contributed by atoms with Crippen molar-refractivity contribution in [2.75, 3.05) is 6.54 Å². The number of likely N-dealkylation sites (tertiary alicyclic amines) is 1. The van der Waals surface area contributed by atoms with Gasteiger partial charge in [-0.25, -0.2) is 4.39 Å². The highest BCUT2D eigenvalue weighted by Crippen LogP contribution is 2.25. The number of aromatic nitrogens is 1. The van der Waals surface area contributed by atoms with Crippen LogP contribution in [0.25, 0.3) is 0 Å². The predicted octanol–water partition coefficient (Wildman–Crippen LogP) is 2.54. The molecule has 1 N–H and O–H groups in total. The highest BCUT2D eigenvalue weighted by atomic mass is 79.9. The van der Waals surface area contributed by atoms with Crippen molar-refractivity contribution in [3.63, 3.8) is 0 Å². The maximum Gasteiger partial charge on any atom is 0.304 e. The monoisotopic (exact) mass is 330 g/mol. The van der Waals surface area contributed by atoms with Gasteiger partial charge in [0.1, 0.15) is 6.17 Å². The third kappa shape index (κ3) is 3.73. The molecule has 2 heterocycles. The molecule has 1 aliphatic rings. The number of carbonyl (C=O) groups is 1. The number of carboxylic acid groups (broad SMARTS) is 1. The molecule has 0 bridgehead atoms. The Morgan fingerprint density at radius 2 is 2.42 bits per heavy atom. The fourth-order valence-electron chi connectivity index (χ4n) is 2.46. The van der Waals surface area contributed by atoms with Gasteiger partial charge in [0.2, 0.25) is 0 Å². The zero-order valence-electron chi connectivity index (χ0n) is 10.6. The molecule has 1 fully saturated rings. The number of hydrogen-bond acceptors (Lipinski definition) is 3. The third-order valence-corrected chi connectivity index (χ3v) is 3.83. The van der Waals surface area contributed by atoms with E-state index in [2.05, 4.69) is 20.9 Å². The summed E-state index contributed by atoms with van der Waals surface area (Å²) in [6.07, 6.45) is 1.04. The first-order valence-corrected chi connectivity index (χ1v) is 6.96. The van der Waals surface area contributed by atoms with Crippen molar-refractivity contribution in [3.05, 3.63) is 28.0 Å². The van der Waals surface area contributed by atoms with Crippen LogP contribution in [0.5, 0.6) is 0 Å². The highest BCUT2D eigenvalue weighted by molar-refractivity contribution is 9.10. The van der Waals surface area contributed by atoms with Gasteiger partial charge in [-0.3, -0.25) is 14.7 Å². The van der Waals surface area contributed by atoms with E-state index in [1.165, 1.54) is 0 Å². The molecule has 2 atom stereocenters. The molecule has 0 aliphatic carbocycles. The van der Waals surface area contributed by atoms with Crippen LogP contribution in [-0.4, -0.2) is 39.7 Å². The smallest absolute Gasteiger partial charge is 0.304 e. The van der Waals surface area contributed by atoms with Gasteiger partial charge >= 0.3 is 5.97 Å². The summed E-state index contributed by atoms with van der Waals surface area (Å²) in [7, 11) is 0. The molecule has 1 aliphatic heterocycles. The van der Waals surface area contributed by atoms with Gasteiger partial charge in [-0.15, -0.1) is 0 Å². The fraction of sp³-hybridized carbons (Fsp3) is 0.538. The van der Waals surface area contributed by atoms with Gasteiger partial charge in [-0.2, -0.15) is 0 Å². The minimum Gasteiger partial charge on any atom is -0.481 e. The Morgan fingerprint density at radius 3 is 3.05 bits per heavy atom. The lowest BCUT2D eigenvalue weighted by molar-refractivity contribution is -0.138. The Morgan fingerprint density at radius 1 is 1.68 bits per heavy atom. The van der Waals surface area contributed by atoms with Crippen LogP contribution in [0.2, 0.25) is 0 Å². The van der Waals surface area contributed by atoms with Crippen LogP contribution < -0.4 is 0 Å². The number of pyridine rings is 1. The summed E-state index contributed by atoms with van der Waals surface area (Å²) in [6, 6.07) is 1.72. The summed E-state index contributed by atoms with van der Waals surface area (Å²) in [5.74, 6) is -0.885. The summed E-state index contributed by atoms with van der Waals surface area (Å²) in [5, 5.41) is 8.86. The van der Waals surface area contributed by atoms with Gasteiger partial charge in [-0.05, 0) is 40.9 Å². The minimum atomic E-state index is -0.944. The van der Waals surface area contributed by atoms with Gasteiger partial charge in [0.15, 0.2) is 0 Å². The number of halogens is 2. The lowest BCUT2D eigenvalue weighted by atomic mass is 10.1. The average Bonchev–Trinajstić information content (AvgIpc) is 2.62. The quantitative estimate of drug-likeness (QED) is 0.921. The molecule has 1 aromatic heterocycles. The Hall–Kier alpha value is -1.01. The average molecular weight is 331 g/mol. The number of rotatable bonds is 4. The second-order valence-electron chi connectivity index (χ2n) is 4.93. The Labute approximate surface area is 119 Å². The van der Waals surface area contributed by atoms with Crippen molar-refractivity contribution in [1.82, 2.24) is 9.88 Å². The molecule has 4 nitrogen and oxygen atoms in total. The lowest BCUT2D eigenvalue weighted by Gasteiger charge is -2.22. The van der Waals surface area contributed by atoms with E-state index in [-0.39, 0.29) is 19.0 Å².